The summed E-state index contributed by atoms with van der Waals surface area (Å²) < 4.78 is 2.08. The molecule has 6 heteroatoms. The molecule has 0 radical (unpaired) electrons. The number of nitrogens with one attached hydrogen (secondary N) is 1. The van der Waals surface area contributed by atoms with Crippen molar-refractivity contribution in [2.75, 3.05) is 0 Å². The summed E-state index contributed by atoms with van der Waals surface area (Å²) in [5.74, 6) is 0.852. The zero-order valence-electron chi connectivity index (χ0n) is 13.7. The van der Waals surface area contributed by atoms with Crippen molar-refractivity contribution in [2.24, 2.45) is 0 Å². The van der Waals surface area contributed by atoms with Crippen LogP contribution in [0.5, 0.6) is 0 Å². The Hall–Kier alpha value is -3.18. The standard InChI is InChI=1S/C20H14ClN5/c21-18-14-10-11-26(20(14)23-12-22-18)17(13-6-2-1-3-7-13)19-24-15-8-4-5-9-16(15)25-19/h1-12,17H,(H,24,25). The SMILES string of the molecule is Clc1ncnc2c1ccn2C(c1ccccc1)c1nc2ccccc2[nH]1. The molecular weight excluding hydrogens is 346 g/mol. The number of hydrogen-bond donors (Lipinski definition) is 1. The first-order valence-electron chi connectivity index (χ1n) is 8.28. The predicted molar refractivity (Wildman–Crippen MR) is 102 cm³/mol. The van der Waals surface area contributed by atoms with Gasteiger partial charge in [0.2, 0.25) is 0 Å². The van der Waals surface area contributed by atoms with E-state index in [0.717, 1.165) is 33.5 Å². The van der Waals surface area contributed by atoms with Crippen LogP contribution in [0, 0.1) is 0 Å². The minimum atomic E-state index is -0.146. The number of fused-ring (bicyclic) bond motifs is 2. The number of benzene rings is 2. The zero-order chi connectivity index (χ0) is 17.5. The van der Waals surface area contributed by atoms with Crippen molar-refractivity contribution >= 4 is 33.7 Å². The molecule has 3 aromatic heterocycles. The molecule has 2 aromatic carbocycles. The predicted octanol–water partition coefficient (Wildman–Crippen LogP) is 4.60. The maximum atomic E-state index is 6.24. The van der Waals surface area contributed by atoms with Crippen molar-refractivity contribution in [3.8, 4) is 0 Å². The fourth-order valence-electron chi connectivity index (χ4n) is 3.34. The lowest BCUT2D eigenvalue weighted by atomic mass is 10.1. The summed E-state index contributed by atoms with van der Waals surface area (Å²) in [6.45, 7) is 0. The Kier molecular flexibility index (Phi) is 3.47. The topological polar surface area (TPSA) is 59.4 Å². The highest BCUT2D eigenvalue weighted by atomic mass is 35.5. The Morgan fingerprint density at radius 3 is 2.58 bits per heavy atom. The molecule has 0 spiro atoms. The first-order chi connectivity index (χ1) is 12.8. The van der Waals surface area contributed by atoms with Gasteiger partial charge in [-0.25, -0.2) is 15.0 Å². The van der Waals surface area contributed by atoms with Gasteiger partial charge in [0.05, 0.1) is 16.4 Å². The summed E-state index contributed by atoms with van der Waals surface area (Å²) >= 11 is 6.24. The molecule has 0 bridgehead atoms. The van der Waals surface area contributed by atoms with Gasteiger partial charge in [-0.1, -0.05) is 54.1 Å². The van der Waals surface area contributed by atoms with Crippen molar-refractivity contribution in [3.05, 3.63) is 89.7 Å². The van der Waals surface area contributed by atoms with Crippen LogP contribution in [-0.4, -0.2) is 24.5 Å². The minimum Gasteiger partial charge on any atom is -0.340 e. The number of nitrogens with zero attached hydrogens (tertiary/aromatic N) is 4. The fourth-order valence-corrected chi connectivity index (χ4v) is 3.53. The van der Waals surface area contributed by atoms with Gasteiger partial charge in [-0.3, -0.25) is 0 Å². The van der Waals surface area contributed by atoms with Gasteiger partial charge in [-0.15, -0.1) is 0 Å². The highest BCUT2D eigenvalue weighted by Crippen LogP contribution is 2.31. The maximum Gasteiger partial charge on any atom is 0.145 e. The first-order valence-corrected chi connectivity index (χ1v) is 8.66. The second-order valence-corrected chi connectivity index (χ2v) is 6.44. The van der Waals surface area contributed by atoms with E-state index in [1.807, 2.05) is 54.7 Å². The van der Waals surface area contributed by atoms with E-state index in [2.05, 4.69) is 31.7 Å². The van der Waals surface area contributed by atoms with E-state index in [1.165, 1.54) is 6.33 Å². The number of H-pyrrole nitrogens is 1. The average molecular weight is 360 g/mol. The highest BCUT2D eigenvalue weighted by molar-refractivity contribution is 6.33. The average Bonchev–Trinajstić information content (AvgIpc) is 3.28. The molecule has 3 heterocycles. The Labute approximate surface area is 154 Å². The first kappa shape index (κ1) is 15.1. The molecule has 126 valence electrons. The Morgan fingerprint density at radius 1 is 0.923 bits per heavy atom. The quantitative estimate of drug-likeness (QED) is 0.479. The second kappa shape index (κ2) is 5.97. The summed E-state index contributed by atoms with van der Waals surface area (Å²) in [5.41, 5.74) is 3.83. The molecule has 0 saturated carbocycles. The van der Waals surface area contributed by atoms with E-state index in [0.29, 0.717) is 5.15 Å². The van der Waals surface area contributed by atoms with Crippen LogP contribution in [0.1, 0.15) is 17.4 Å². The highest BCUT2D eigenvalue weighted by Gasteiger charge is 2.22. The molecule has 5 aromatic rings. The van der Waals surface area contributed by atoms with Crippen LogP contribution in [0.15, 0.2) is 73.2 Å². The number of para-hydroxylation sites is 2. The second-order valence-electron chi connectivity index (χ2n) is 6.08. The van der Waals surface area contributed by atoms with E-state index in [9.17, 15) is 0 Å². The molecule has 5 rings (SSSR count). The normalized spacial score (nSPS) is 12.7. The molecule has 0 saturated heterocycles. The van der Waals surface area contributed by atoms with Crippen molar-refractivity contribution in [1.82, 2.24) is 24.5 Å². The molecule has 0 amide bonds. The molecule has 26 heavy (non-hydrogen) atoms. The maximum absolute atomic E-state index is 6.24. The van der Waals surface area contributed by atoms with Gasteiger partial charge in [0, 0.05) is 6.20 Å². The molecule has 5 nitrogen and oxygen atoms in total. The van der Waals surface area contributed by atoms with Crippen LogP contribution >= 0.6 is 11.6 Å². The summed E-state index contributed by atoms with van der Waals surface area (Å²) in [6, 6.07) is 20.1. The van der Waals surface area contributed by atoms with Gasteiger partial charge in [-0.05, 0) is 23.8 Å². The third-order valence-corrected chi connectivity index (χ3v) is 4.82. The third-order valence-electron chi connectivity index (χ3n) is 4.52. The van der Waals surface area contributed by atoms with Crippen molar-refractivity contribution in [1.29, 1.82) is 0 Å². The molecule has 0 aliphatic heterocycles. The van der Waals surface area contributed by atoms with Crippen LogP contribution in [0.4, 0.5) is 0 Å². The van der Waals surface area contributed by atoms with E-state index in [4.69, 9.17) is 16.6 Å². The monoisotopic (exact) mass is 359 g/mol. The van der Waals surface area contributed by atoms with Gasteiger partial charge in [0.1, 0.15) is 29.0 Å². The lowest BCUT2D eigenvalue weighted by molar-refractivity contribution is 0.662. The lowest BCUT2D eigenvalue weighted by Gasteiger charge is -2.18. The van der Waals surface area contributed by atoms with Gasteiger partial charge in [0.25, 0.3) is 0 Å². The number of halogens is 1. The van der Waals surface area contributed by atoms with Gasteiger partial charge < -0.3 is 9.55 Å². The molecular formula is C20H14ClN5. The number of aromatic nitrogens is 5. The minimum absolute atomic E-state index is 0.146. The molecule has 0 aliphatic carbocycles. The largest absolute Gasteiger partial charge is 0.340 e. The van der Waals surface area contributed by atoms with Gasteiger partial charge >= 0.3 is 0 Å². The van der Waals surface area contributed by atoms with E-state index < -0.39 is 0 Å². The summed E-state index contributed by atoms with van der Waals surface area (Å²) in [4.78, 5) is 16.8. The van der Waals surface area contributed by atoms with Gasteiger partial charge in [-0.2, -0.15) is 0 Å². The number of hydrogen-bond acceptors (Lipinski definition) is 3. The van der Waals surface area contributed by atoms with Crippen LogP contribution in [0.2, 0.25) is 5.15 Å². The van der Waals surface area contributed by atoms with Crippen molar-refractivity contribution < 1.29 is 0 Å². The molecule has 1 N–H and O–H groups in total. The third kappa shape index (κ3) is 2.36. The van der Waals surface area contributed by atoms with E-state index >= 15 is 0 Å². The lowest BCUT2D eigenvalue weighted by Crippen LogP contribution is -2.13. The van der Waals surface area contributed by atoms with Crippen molar-refractivity contribution in [3.63, 3.8) is 0 Å². The fraction of sp³-hybridized carbons (Fsp3) is 0.0500. The Bertz CT molecular complexity index is 1180. The van der Waals surface area contributed by atoms with Crippen LogP contribution < -0.4 is 0 Å². The van der Waals surface area contributed by atoms with Crippen LogP contribution in [-0.2, 0) is 0 Å². The van der Waals surface area contributed by atoms with Crippen LogP contribution in [0.25, 0.3) is 22.1 Å². The molecule has 0 fully saturated rings. The number of aromatic amines is 1. The Morgan fingerprint density at radius 2 is 1.73 bits per heavy atom. The molecule has 1 atom stereocenters. The summed E-state index contributed by atoms with van der Waals surface area (Å²) in [5, 5.41) is 1.27. The smallest absolute Gasteiger partial charge is 0.145 e. The van der Waals surface area contributed by atoms with Crippen LogP contribution in [0.3, 0.4) is 0 Å². The van der Waals surface area contributed by atoms with Crippen molar-refractivity contribution in [2.45, 2.75) is 6.04 Å². The summed E-state index contributed by atoms with van der Waals surface area (Å²) in [7, 11) is 0. The summed E-state index contributed by atoms with van der Waals surface area (Å²) in [6.07, 6.45) is 3.47. The number of imidazole rings is 1. The molecule has 0 aliphatic rings. The van der Waals surface area contributed by atoms with Gasteiger partial charge in [0.15, 0.2) is 0 Å². The zero-order valence-corrected chi connectivity index (χ0v) is 14.4. The van der Waals surface area contributed by atoms with E-state index in [-0.39, 0.29) is 6.04 Å². The molecule has 1 unspecified atom stereocenters. The Balaban J connectivity index is 1.78. The number of rotatable bonds is 3. The van der Waals surface area contributed by atoms with E-state index in [1.54, 1.807) is 0 Å².